The average molecular weight is 422 g/mol. The first-order valence-electron chi connectivity index (χ1n) is 9.24. The van der Waals surface area contributed by atoms with Crippen LogP contribution in [0.2, 0.25) is 0 Å². The molecule has 0 spiro atoms. The maximum Gasteiger partial charge on any atom is 0.238 e. The van der Waals surface area contributed by atoms with Crippen molar-refractivity contribution in [3.8, 4) is 22.6 Å². The van der Waals surface area contributed by atoms with Gasteiger partial charge >= 0.3 is 0 Å². The predicted octanol–water partition coefficient (Wildman–Crippen LogP) is 4.69. The summed E-state index contributed by atoms with van der Waals surface area (Å²) in [5, 5.41) is 5.18. The summed E-state index contributed by atoms with van der Waals surface area (Å²) in [6.07, 6.45) is 0.470. The number of halogens is 1. The molecule has 30 heavy (non-hydrogen) atoms. The smallest absolute Gasteiger partial charge is 0.238 e. The van der Waals surface area contributed by atoms with Crippen LogP contribution in [0.1, 0.15) is 17.0 Å². The molecule has 0 radical (unpaired) electrons. The number of aromatic nitrogens is 1. The summed E-state index contributed by atoms with van der Waals surface area (Å²) in [6, 6.07) is 20.6. The lowest BCUT2D eigenvalue weighted by molar-refractivity contribution is 0.519. The SMILES string of the molecule is Cc1ccc(-c2nc(Cc3ccccc3)oc2-c2ccc(S(N)(=O)=O)cc2)cc1F. The summed E-state index contributed by atoms with van der Waals surface area (Å²) in [5.41, 5.74) is 3.24. The molecule has 5 nitrogen and oxygen atoms in total. The maximum absolute atomic E-state index is 14.2. The van der Waals surface area contributed by atoms with Gasteiger partial charge in [-0.05, 0) is 48.4 Å². The van der Waals surface area contributed by atoms with Crippen LogP contribution in [0.3, 0.4) is 0 Å². The van der Waals surface area contributed by atoms with E-state index in [9.17, 15) is 12.8 Å². The lowest BCUT2D eigenvalue weighted by Crippen LogP contribution is -2.11. The maximum atomic E-state index is 14.2. The van der Waals surface area contributed by atoms with E-state index in [1.54, 1.807) is 31.2 Å². The van der Waals surface area contributed by atoms with Gasteiger partial charge in [0.25, 0.3) is 0 Å². The first kappa shape index (κ1) is 20.0. The number of aryl methyl sites for hydroxylation is 1. The Morgan fingerprint density at radius 2 is 1.63 bits per heavy atom. The van der Waals surface area contributed by atoms with Crippen LogP contribution in [0.25, 0.3) is 22.6 Å². The minimum absolute atomic E-state index is 0.00166. The monoisotopic (exact) mass is 422 g/mol. The molecule has 4 rings (SSSR count). The predicted molar refractivity (Wildman–Crippen MR) is 113 cm³/mol. The largest absolute Gasteiger partial charge is 0.440 e. The van der Waals surface area contributed by atoms with E-state index in [0.717, 1.165) is 5.56 Å². The third-order valence-electron chi connectivity index (χ3n) is 4.76. The number of sulfonamides is 1. The molecule has 7 heteroatoms. The van der Waals surface area contributed by atoms with Gasteiger partial charge in [-0.3, -0.25) is 0 Å². The summed E-state index contributed by atoms with van der Waals surface area (Å²) in [7, 11) is -3.81. The van der Waals surface area contributed by atoms with E-state index in [2.05, 4.69) is 4.98 Å². The number of hydrogen-bond donors (Lipinski definition) is 1. The lowest BCUT2D eigenvalue weighted by Gasteiger charge is -2.04. The highest BCUT2D eigenvalue weighted by molar-refractivity contribution is 7.89. The van der Waals surface area contributed by atoms with Crippen molar-refractivity contribution in [3.63, 3.8) is 0 Å². The normalized spacial score (nSPS) is 11.6. The van der Waals surface area contributed by atoms with Gasteiger partial charge in [0.15, 0.2) is 11.7 Å². The van der Waals surface area contributed by atoms with Gasteiger partial charge in [0.05, 0.1) is 4.90 Å². The number of rotatable bonds is 5. The molecule has 0 saturated carbocycles. The molecule has 0 unspecified atom stereocenters. The van der Waals surface area contributed by atoms with E-state index in [4.69, 9.17) is 9.56 Å². The summed E-state index contributed by atoms with van der Waals surface area (Å²) >= 11 is 0. The van der Waals surface area contributed by atoms with Crippen LogP contribution >= 0.6 is 0 Å². The zero-order valence-corrected chi connectivity index (χ0v) is 17.0. The van der Waals surface area contributed by atoms with Crippen molar-refractivity contribution in [2.24, 2.45) is 5.14 Å². The zero-order valence-electron chi connectivity index (χ0n) is 16.2. The van der Waals surface area contributed by atoms with E-state index in [-0.39, 0.29) is 10.7 Å². The topological polar surface area (TPSA) is 86.2 Å². The number of hydrogen-bond acceptors (Lipinski definition) is 4. The van der Waals surface area contributed by atoms with Crippen LogP contribution in [0.15, 0.2) is 82.1 Å². The van der Waals surface area contributed by atoms with E-state index < -0.39 is 10.0 Å². The van der Waals surface area contributed by atoms with Gasteiger partial charge < -0.3 is 4.42 Å². The van der Waals surface area contributed by atoms with Gasteiger partial charge in [-0.15, -0.1) is 0 Å². The second kappa shape index (κ2) is 7.85. The first-order chi connectivity index (χ1) is 14.3. The van der Waals surface area contributed by atoms with Gasteiger partial charge in [0, 0.05) is 17.5 Å². The van der Waals surface area contributed by atoms with Crippen LogP contribution in [0, 0.1) is 12.7 Å². The van der Waals surface area contributed by atoms with Crippen molar-refractivity contribution < 1.29 is 17.2 Å². The standard InChI is InChI=1S/C23H19FN2O3S/c1-15-7-8-18(14-20(15)24)22-23(17-9-11-19(12-10-17)30(25,27)28)29-21(26-22)13-16-5-3-2-4-6-16/h2-12,14H,13H2,1H3,(H2,25,27,28). The molecule has 0 aliphatic carbocycles. The van der Waals surface area contributed by atoms with E-state index in [0.29, 0.717) is 40.5 Å². The van der Waals surface area contributed by atoms with Crippen molar-refractivity contribution in [2.45, 2.75) is 18.2 Å². The summed E-state index contributed by atoms with van der Waals surface area (Å²) in [4.78, 5) is 4.62. The Balaban J connectivity index is 1.81. The number of oxazole rings is 1. The van der Waals surface area contributed by atoms with E-state index >= 15 is 0 Å². The highest BCUT2D eigenvalue weighted by Gasteiger charge is 2.19. The molecule has 3 aromatic carbocycles. The van der Waals surface area contributed by atoms with Crippen molar-refractivity contribution >= 4 is 10.0 Å². The third-order valence-corrected chi connectivity index (χ3v) is 5.69. The van der Waals surface area contributed by atoms with E-state index in [1.165, 1.54) is 18.2 Å². The summed E-state index contributed by atoms with van der Waals surface area (Å²) in [6.45, 7) is 1.69. The Bertz CT molecular complexity index is 1300. The molecule has 0 aliphatic heterocycles. The van der Waals surface area contributed by atoms with Crippen molar-refractivity contribution in [2.75, 3.05) is 0 Å². The number of primary sulfonamides is 1. The lowest BCUT2D eigenvalue weighted by atomic mass is 10.0. The fraction of sp³-hybridized carbons (Fsp3) is 0.0870. The van der Waals surface area contributed by atoms with Crippen molar-refractivity contribution in [1.29, 1.82) is 0 Å². The molecule has 0 fully saturated rings. The molecule has 0 saturated heterocycles. The Hall–Kier alpha value is -3.29. The first-order valence-corrected chi connectivity index (χ1v) is 10.8. The second-order valence-electron chi connectivity index (χ2n) is 6.98. The molecule has 2 N–H and O–H groups in total. The fourth-order valence-corrected chi connectivity index (χ4v) is 3.65. The Labute approximate surface area is 174 Å². The molecule has 0 aliphatic rings. The fourth-order valence-electron chi connectivity index (χ4n) is 3.14. The van der Waals surface area contributed by atoms with Crippen LogP contribution in [0.4, 0.5) is 4.39 Å². The molecule has 152 valence electrons. The Kier molecular flexibility index (Phi) is 5.24. The average Bonchev–Trinajstić information content (AvgIpc) is 3.14. The van der Waals surface area contributed by atoms with Crippen molar-refractivity contribution in [3.05, 3.63) is 95.6 Å². The zero-order chi connectivity index (χ0) is 21.3. The number of nitrogens with zero attached hydrogens (tertiary/aromatic N) is 1. The van der Waals surface area contributed by atoms with Crippen LogP contribution in [-0.2, 0) is 16.4 Å². The Morgan fingerprint density at radius 3 is 2.27 bits per heavy atom. The van der Waals surface area contributed by atoms with Gasteiger partial charge in [-0.25, -0.2) is 22.9 Å². The molecule has 0 amide bonds. The van der Waals surface area contributed by atoms with E-state index in [1.807, 2.05) is 30.3 Å². The van der Waals surface area contributed by atoms with Crippen molar-refractivity contribution in [1.82, 2.24) is 4.98 Å². The molecule has 1 aromatic heterocycles. The molecule has 1 heterocycles. The van der Waals surface area contributed by atoms with Crippen LogP contribution < -0.4 is 5.14 Å². The molecular formula is C23H19FN2O3S. The van der Waals surface area contributed by atoms with Crippen LogP contribution in [0.5, 0.6) is 0 Å². The molecule has 0 bridgehead atoms. The minimum atomic E-state index is -3.81. The second-order valence-corrected chi connectivity index (χ2v) is 8.54. The molecular weight excluding hydrogens is 403 g/mol. The van der Waals surface area contributed by atoms with Gasteiger partial charge in [-0.2, -0.15) is 0 Å². The minimum Gasteiger partial charge on any atom is -0.440 e. The van der Waals surface area contributed by atoms with Gasteiger partial charge in [0.2, 0.25) is 10.0 Å². The highest BCUT2D eigenvalue weighted by atomic mass is 32.2. The quantitative estimate of drug-likeness (QED) is 0.505. The Morgan fingerprint density at radius 1 is 0.967 bits per heavy atom. The molecule has 4 aromatic rings. The summed E-state index contributed by atoms with van der Waals surface area (Å²) < 4.78 is 43.3. The highest BCUT2D eigenvalue weighted by Crippen LogP contribution is 2.34. The molecule has 0 atom stereocenters. The van der Waals surface area contributed by atoms with Gasteiger partial charge in [0.1, 0.15) is 11.5 Å². The van der Waals surface area contributed by atoms with Gasteiger partial charge in [-0.1, -0.05) is 42.5 Å². The number of benzene rings is 3. The third kappa shape index (κ3) is 4.17. The summed E-state index contributed by atoms with van der Waals surface area (Å²) in [5.74, 6) is 0.573. The van der Waals surface area contributed by atoms with Crippen LogP contribution in [-0.4, -0.2) is 13.4 Å². The number of nitrogens with two attached hydrogens (primary N) is 1.